The van der Waals surface area contributed by atoms with Gasteiger partial charge in [0.25, 0.3) is 5.91 Å². The van der Waals surface area contributed by atoms with Gasteiger partial charge in [-0.3, -0.25) is 9.78 Å². The second-order valence-corrected chi connectivity index (χ2v) is 6.40. The fourth-order valence-electron chi connectivity index (χ4n) is 3.44. The van der Waals surface area contributed by atoms with Crippen LogP contribution in [0, 0.1) is 0 Å². The van der Waals surface area contributed by atoms with Gasteiger partial charge in [-0.05, 0) is 36.6 Å². The van der Waals surface area contributed by atoms with E-state index in [1.807, 2.05) is 30.5 Å². The number of hydrogen-bond acceptors (Lipinski definition) is 4. The van der Waals surface area contributed by atoms with Gasteiger partial charge in [0.05, 0.1) is 29.9 Å². The van der Waals surface area contributed by atoms with Gasteiger partial charge in [0.1, 0.15) is 0 Å². The standard InChI is InChI=1S/C20H20N4O3/c1-2-27-20(26)24-9-7-15-14(12-24)10-21-11-16(15)19(25)23-17-5-3-4-13-6-8-22-18(13)17/h3-6,8,10-11,22H,2,7,9,12H2,1H3,(H,23,25). The predicted molar refractivity (Wildman–Crippen MR) is 102 cm³/mol. The van der Waals surface area contributed by atoms with E-state index in [0.29, 0.717) is 31.7 Å². The fraction of sp³-hybridized carbons (Fsp3) is 0.250. The molecule has 7 heteroatoms. The molecule has 0 fully saturated rings. The zero-order chi connectivity index (χ0) is 18.8. The molecule has 7 nitrogen and oxygen atoms in total. The number of nitrogens with one attached hydrogen (secondary N) is 2. The molecule has 2 aromatic heterocycles. The third kappa shape index (κ3) is 3.23. The lowest BCUT2D eigenvalue weighted by atomic mass is 9.97. The molecule has 138 valence electrons. The zero-order valence-electron chi connectivity index (χ0n) is 15.0. The Hall–Kier alpha value is -3.35. The minimum atomic E-state index is -0.337. The van der Waals surface area contributed by atoms with Crippen molar-refractivity contribution in [1.29, 1.82) is 0 Å². The molecule has 0 radical (unpaired) electrons. The Labute approximate surface area is 156 Å². The molecule has 0 atom stereocenters. The number of amides is 2. The lowest BCUT2D eigenvalue weighted by Crippen LogP contribution is -2.37. The molecule has 2 amide bonds. The third-order valence-corrected chi connectivity index (χ3v) is 4.75. The van der Waals surface area contributed by atoms with Crippen LogP contribution in [0.25, 0.3) is 10.9 Å². The molecule has 1 aliphatic rings. The van der Waals surface area contributed by atoms with Crippen molar-refractivity contribution in [3.05, 3.63) is 59.5 Å². The van der Waals surface area contributed by atoms with Crippen molar-refractivity contribution in [2.45, 2.75) is 19.9 Å². The summed E-state index contributed by atoms with van der Waals surface area (Å²) in [5.74, 6) is -0.203. The van der Waals surface area contributed by atoms with E-state index in [-0.39, 0.29) is 12.0 Å². The molecule has 0 saturated carbocycles. The molecule has 3 aromatic rings. The van der Waals surface area contributed by atoms with Crippen LogP contribution in [0.4, 0.5) is 10.5 Å². The highest BCUT2D eigenvalue weighted by atomic mass is 16.6. The fourth-order valence-corrected chi connectivity index (χ4v) is 3.44. The number of aromatic amines is 1. The van der Waals surface area contributed by atoms with Gasteiger partial charge in [-0.2, -0.15) is 0 Å². The van der Waals surface area contributed by atoms with Crippen LogP contribution in [-0.4, -0.2) is 40.0 Å². The van der Waals surface area contributed by atoms with E-state index in [0.717, 1.165) is 27.7 Å². The minimum absolute atomic E-state index is 0.203. The summed E-state index contributed by atoms with van der Waals surface area (Å²) >= 11 is 0. The molecule has 0 aliphatic carbocycles. The number of benzene rings is 1. The molecule has 27 heavy (non-hydrogen) atoms. The molecule has 0 saturated heterocycles. The summed E-state index contributed by atoms with van der Waals surface area (Å²) in [5.41, 5.74) is 3.96. The number of hydrogen-bond donors (Lipinski definition) is 2. The van der Waals surface area contributed by atoms with Gasteiger partial charge in [0, 0.05) is 30.5 Å². The first-order valence-electron chi connectivity index (χ1n) is 8.92. The summed E-state index contributed by atoms with van der Waals surface area (Å²) in [5, 5.41) is 4.01. The molecule has 2 N–H and O–H groups in total. The predicted octanol–water partition coefficient (Wildman–Crippen LogP) is 3.33. The van der Waals surface area contributed by atoms with Crippen molar-refractivity contribution in [2.24, 2.45) is 0 Å². The Morgan fingerprint density at radius 3 is 3.04 bits per heavy atom. The van der Waals surface area contributed by atoms with Crippen molar-refractivity contribution < 1.29 is 14.3 Å². The van der Waals surface area contributed by atoms with Crippen LogP contribution >= 0.6 is 0 Å². The van der Waals surface area contributed by atoms with Crippen molar-refractivity contribution >= 4 is 28.6 Å². The molecule has 4 rings (SSSR count). The van der Waals surface area contributed by atoms with Crippen molar-refractivity contribution in [2.75, 3.05) is 18.5 Å². The molecule has 1 aliphatic heterocycles. The number of carbonyl (C=O) groups excluding carboxylic acids is 2. The van der Waals surface area contributed by atoms with Gasteiger partial charge < -0.3 is 19.9 Å². The van der Waals surface area contributed by atoms with Gasteiger partial charge in [-0.25, -0.2) is 4.79 Å². The summed E-state index contributed by atoms with van der Waals surface area (Å²) in [4.78, 5) is 33.9. The number of rotatable bonds is 3. The number of ether oxygens (including phenoxy) is 1. The van der Waals surface area contributed by atoms with Crippen LogP contribution < -0.4 is 5.32 Å². The number of nitrogens with zero attached hydrogens (tertiary/aromatic N) is 2. The molecule has 3 heterocycles. The van der Waals surface area contributed by atoms with Gasteiger partial charge in [0.15, 0.2) is 0 Å². The van der Waals surface area contributed by atoms with Crippen LogP contribution in [-0.2, 0) is 17.7 Å². The molecule has 0 spiro atoms. The smallest absolute Gasteiger partial charge is 0.410 e. The maximum absolute atomic E-state index is 12.9. The highest BCUT2D eigenvalue weighted by Crippen LogP contribution is 2.25. The highest BCUT2D eigenvalue weighted by molar-refractivity contribution is 6.09. The Bertz CT molecular complexity index is 1010. The van der Waals surface area contributed by atoms with Crippen LogP contribution in [0.15, 0.2) is 42.9 Å². The Morgan fingerprint density at radius 1 is 1.30 bits per heavy atom. The van der Waals surface area contributed by atoms with E-state index in [1.165, 1.54) is 0 Å². The SMILES string of the molecule is CCOC(=O)N1CCc2c(cncc2C(=O)Nc2cccc3cc[nH]c23)C1. The van der Waals surface area contributed by atoms with E-state index in [4.69, 9.17) is 4.74 Å². The molecule has 0 unspecified atom stereocenters. The second-order valence-electron chi connectivity index (χ2n) is 6.40. The Morgan fingerprint density at radius 2 is 2.19 bits per heavy atom. The van der Waals surface area contributed by atoms with Gasteiger partial charge >= 0.3 is 6.09 Å². The number of carbonyl (C=O) groups is 2. The number of pyridine rings is 1. The van der Waals surface area contributed by atoms with Gasteiger partial charge in [0.2, 0.25) is 0 Å². The quantitative estimate of drug-likeness (QED) is 0.746. The van der Waals surface area contributed by atoms with Crippen molar-refractivity contribution in [3.63, 3.8) is 0 Å². The summed E-state index contributed by atoms with van der Waals surface area (Å²) < 4.78 is 5.07. The number of aromatic nitrogens is 2. The lowest BCUT2D eigenvalue weighted by Gasteiger charge is -2.28. The number of anilines is 1. The first-order valence-corrected chi connectivity index (χ1v) is 8.92. The largest absolute Gasteiger partial charge is 0.450 e. The average Bonchev–Trinajstić information content (AvgIpc) is 3.17. The summed E-state index contributed by atoms with van der Waals surface area (Å²) in [7, 11) is 0. The summed E-state index contributed by atoms with van der Waals surface area (Å²) in [6, 6.07) is 7.71. The minimum Gasteiger partial charge on any atom is -0.450 e. The maximum atomic E-state index is 12.9. The summed E-state index contributed by atoms with van der Waals surface area (Å²) in [6.07, 6.45) is 5.39. The zero-order valence-corrected chi connectivity index (χ0v) is 15.0. The number of para-hydroxylation sites is 1. The normalized spacial score (nSPS) is 13.3. The number of H-pyrrole nitrogens is 1. The van der Waals surface area contributed by atoms with Gasteiger partial charge in [-0.15, -0.1) is 0 Å². The lowest BCUT2D eigenvalue weighted by molar-refractivity contribution is 0.101. The monoisotopic (exact) mass is 364 g/mol. The molecule has 0 bridgehead atoms. The molecule has 1 aromatic carbocycles. The van der Waals surface area contributed by atoms with Gasteiger partial charge in [-0.1, -0.05) is 12.1 Å². The van der Waals surface area contributed by atoms with E-state index in [9.17, 15) is 9.59 Å². The number of fused-ring (bicyclic) bond motifs is 2. The van der Waals surface area contributed by atoms with Crippen LogP contribution in [0.5, 0.6) is 0 Å². The van der Waals surface area contributed by atoms with Crippen molar-refractivity contribution in [3.8, 4) is 0 Å². The second kappa shape index (κ2) is 7.11. The Balaban J connectivity index is 1.58. The molecular formula is C20H20N4O3. The first-order chi connectivity index (χ1) is 13.2. The third-order valence-electron chi connectivity index (χ3n) is 4.75. The van der Waals surface area contributed by atoms with Crippen LogP contribution in [0.3, 0.4) is 0 Å². The van der Waals surface area contributed by atoms with E-state index in [1.54, 1.807) is 24.2 Å². The highest BCUT2D eigenvalue weighted by Gasteiger charge is 2.25. The van der Waals surface area contributed by atoms with Crippen LogP contribution in [0.1, 0.15) is 28.4 Å². The Kier molecular flexibility index (Phi) is 4.50. The van der Waals surface area contributed by atoms with E-state index < -0.39 is 0 Å². The molecular weight excluding hydrogens is 344 g/mol. The maximum Gasteiger partial charge on any atom is 0.410 e. The van der Waals surface area contributed by atoms with Crippen molar-refractivity contribution in [1.82, 2.24) is 14.9 Å². The summed E-state index contributed by atoms with van der Waals surface area (Å²) in [6.45, 7) is 3.04. The van der Waals surface area contributed by atoms with Crippen LogP contribution in [0.2, 0.25) is 0 Å². The van der Waals surface area contributed by atoms with E-state index in [2.05, 4.69) is 15.3 Å². The van der Waals surface area contributed by atoms with E-state index >= 15 is 0 Å². The first kappa shape index (κ1) is 17.1. The topological polar surface area (TPSA) is 87.3 Å². The average molecular weight is 364 g/mol.